The average molecular weight is 417 g/mol. The van der Waals surface area contributed by atoms with E-state index in [0.717, 1.165) is 16.9 Å². The van der Waals surface area contributed by atoms with Gasteiger partial charge in [-0.1, -0.05) is 29.8 Å². The van der Waals surface area contributed by atoms with Crippen LogP contribution in [0.15, 0.2) is 53.3 Å². The van der Waals surface area contributed by atoms with Gasteiger partial charge in [-0.2, -0.15) is 9.50 Å². The maximum Gasteiger partial charge on any atom is 0.277 e. The number of rotatable bonds is 5. The molecule has 0 saturated carbocycles. The molecule has 1 N–H and O–H groups in total. The Labute approximate surface area is 179 Å². The summed E-state index contributed by atoms with van der Waals surface area (Å²) >= 11 is 0. The zero-order chi connectivity index (χ0) is 22.1. The van der Waals surface area contributed by atoms with Gasteiger partial charge < -0.3 is 4.74 Å². The molecule has 4 rings (SSSR count). The van der Waals surface area contributed by atoms with Crippen LogP contribution in [-0.2, 0) is 6.54 Å². The minimum Gasteiger partial charge on any atom is -0.497 e. The van der Waals surface area contributed by atoms with Crippen LogP contribution in [0.3, 0.4) is 0 Å². The minimum atomic E-state index is -0.242. The van der Waals surface area contributed by atoms with Crippen molar-refractivity contribution >= 4 is 17.6 Å². The maximum absolute atomic E-state index is 13.4. The number of methoxy groups -OCH3 is 1. The van der Waals surface area contributed by atoms with Crippen LogP contribution in [0.1, 0.15) is 32.7 Å². The Kier molecular flexibility index (Phi) is 5.29. The molecule has 2 aromatic carbocycles. The molecule has 0 radical (unpaired) electrons. The van der Waals surface area contributed by atoms with Gasteiger partial charge in [0.25, 0.3) is 17.2 Å². The summed E-state index contributed by atoms with van der Waals surface area (Å²) < 4.78 is 6.48. The highest BCUT2D eigenvalue weighted by Gasteiger charge is 2.23. The van der Waals surface area contributed by atoms with E-state index >= 15 is 0 Å². The molecule has 8 nitrogen and oxygen atoms in total. The fourth-order valence-corrected chi connectivity index (χ4v) is 3.22. The first kappa shape index (κ1) is 20.3. The van der Waals surface area contributed by atoms with Crippen molar-refractivity contribution in [3.05, 3.63) is 86.8 Å². The summed E-state index contributed by atoms with van der Waals surface area (Å²) in [6, 6.07) is 14.8. The molecule has 2 aromatic heterocycles. The lowest BCUT2D eigenvalue weighted by molar-refractivity contribution is 0.0983. The van der Waals surface area contributed by atoms with Crippen LogP contribution in [0, 0.1) is 20.8 Å². The Morgan fingerprint density at radius 2 is 1.71 bits per heavy atom. The van der Waals surface area contributed by atoms with Crippen LogP contribution in [-0.4, -0.2) is 32.6 Å². The van der Waals surface area contributed by atoms with E-state index in [1.54, 1.807) is 33.1 Å². The number of nitrogens with one attached hydrogen (secondary N) is 1. The highest BCUT2D eigenvalue weighted by atomic mass is 16.5. The summed E-state index contributed by atoms with van der Waals surface area (Å²) in [7, 11) is 1.60. The van der Waals surface area contributed by atoms with E-state index in [1.807, 2.05) is 43.3 Å². The Balaban J connectivity index is 1.80. The lowest BCUT2D eigenvalue weighted by Gasteiger charge is -2.20. The van der Waals surface area contributed by atoms with Gasteiger partial charge in [0.2, 0.25) is 5.95 Å². The third kappa shape index (κ3) is 3.92. The van der Waals surface area contributed by atoms with Gasteiger partial charge in [0, 0.05) is 16.8 Å². The van der Waals surface area contributed by atoms with Crippen molar-refractivity contribution < 1.29 is 9.53 Å². The molecule has 0 aliphatic heterocycles. The lowest BCUT2D eigenvalue weighted by atomic mass is 10.1. The second kappa shape index (κ2) is 8.06. The number of hydrogen-bond acceptors (Lipinski definition) is 5. The number of carbonyl (C=O) groups is 1. The van der Waals surface area contributed by atoms with Gasteiger partial charge >= 0.3 is 0 Å². The summed E-state index contributed by atoms with van der Waals surface area (Å²) in [5.41, 5.74) is 3.35. The largest absolute Gasteiger partial charge is 0.497 e. The summed E-state index contributed by atoms with van der Waals surface area (Å²) in [5, 5.41) is 2.95. The Morgan fingerprint density at radius 1 is 1.03 bits per heavy atom. The molecule has 1 amide bonds. The third-order valence-corrected chi connectivity index (χ3v) is 5.25. The quantitative estimate of drug-likeness (QED) is 0.538. The molecular weight excluding hydrogens is 394 g/mol. The SMILES string of the molecule is COc1ccc(CN(C(=O)c2ccc(C)cc2)c2nc3nc(C)c(C)c(=O)n3[nH]2)cc1. The number of fused-ring (bicyclic) bond motifs is 1. The van der Waals surface area contributed by atoms with Gasteiger partial charge in [-0.25, -0.2) is 4.98 Å². The van der Waals surface area contributed by atoms with Crippen molar-refractivity contribution in [2.75, 3.05) is 12.0 Å². The van der Waals surface area contributed by atoms with Crippen molar-refractivity contribution in [3.8, 4) is 5.75 Å². The first-order valence-electron chi connectivity index (χ1n) is 9.85. The first-order valence-corrected chi connectivity index (χ1v) is 9.85. The van der Waals surface area contributed by atoms with Crippen LogP contribution in [0.5, 0.6) is 5.75 Å². The van der Waals surface area contributed by atoms with Crippen molar-refractivity contribution in [2.45, 2.75) is 27.3 Å². The van der Waals surface area contributed by atoms with Crippen molar-refractivity contribution in [1.82, 2.24) is 19.6 Å². The monoisotopic (exact) mass is 417 g/mol. The van der Waals surface area contributed by atoms with Gasteiger partial charge in [-0.05, 0) is 50.6 Å². The standard InChI is InChI=1S/C23H23N5O3/c1-14-5-9-18(10-6-14)21(30)27(13-17-7-11-19(31-4)12-8-17)23-25-22-24-16(3)15(2)20(29)28(22)26-23/h5-12H,13H2,1-4H3,(H,24,25,26). The zero-order valence-corrected chi connectivity index (χ0v) is 17.8. The normalized spacial score (nSPS) is 11.0. The molecule has 0 fully saturated rings. The molecular formula is C23H23N5O3. The summed E-state index contributed by atoms with van der Waals surface area (Å²) in [5.74, 6) is 0.956. The number of H-pyrrole nitrogens is 1. The average Bonchev–Trinajstić information content (AvgIpc) is 3.20. The number of aryl methyl sites for hydroxylation is 2. The summed E-state index contributed by atoms with van der Waals surface area (Å²) in [4.78, 5) is 36.4. The second-order valence-corrected chi connectivity index (χ2v) is 7.42. The number of hydrogen-bond donors (Lipinski definition) is 1. The topological polar surface area (TPSA) is 92.6 Å². The van der Waals surface area contributed by atoms with E-state index in [2.05, 4.69) is 15.1 Å². The molecule has 0 aliphatic rings. The van der Waals surface area contributed by atoms with Crippen LogP contribution in [0.4, 0.5) is 5.95 Å². The van der Waals surface area contributed by atoms with E-state index < -0.39 is 0 Å². The van der Waals surface area contributed by atoms with Crippen LogP contribution < -0.4 is 15.2 Å². The van der Waals surface area contributed by atoms with Crippen LogP contribution in [0.25, 0.3) is 5.78 Å². The molecule has 0 bridgehead atoms. The second-order valence-electron chi connectivity index (χ2n) is 7.42. The Hall–Kier alpha value is -3.94. The molecule has 0 spiro atoms. The molecule has 0 aliphatic carbocycles. The highest BCUT2D eigenvalue weighted by Crippen LogP contribution is 2.19. The highest BCUT2D eigenvalue weighted by molar-refractivity contribution is 6.05. The van der Waals surface area contributed by atoms with Crippen molar-refractivity contribution in [2.24, 2.45) is 0 Å². The van der Waals surface area contributed by atoms with E-state index in [0.29, 0.717) is 16.8 Å². The van der Waals surface area contributed by atoms with E-state index in [9.17, 15) is 9.59 Å². The number of aromatic nitrogens is 4. The zero-order valence-electron chi connectivity index (χ0n) is 17.8. The van der Waals surface area contributed by atoms with Crippen molar-refractivity contribution in [1.29, 1.82) is 0 Å². The fourth-order valence-electron chi connectivity index (χ4n) is 3.22. The van der Waals surface area contributed by atoms with Gasteiger partial charge in [0.1, 0.15) is 5.75 Å². The Morgan fingerprint density at radius 3 is 2.35 bits per heavy atom. The Bertz CT molecular complexity index is 1300. The van der Waals surface area contributed by atoms with Crippen molar-refractivity contribution in [3.63, 3.8) is 0 Å². The van der Waals surface area contributed by atoms with Gasteiger partial charge in [-0.3, -0.25) is 19.6 Å². The molecule has 0 saturated heterocycles. The first-order chi connectivity index (χ1) is 14.9. The summed E-state index contributed by atoms with van der Waals surface area (Å²) in [6.45, 7) is 5.69. The van der Waals surface area contributed by atoms with Gasteiger partial charge in [0.05, 0.1) is 13.7 Å². The van der Waals surface area contributed by atoms with E-state index in [-0.39, 0.29) is 29.7 Å². The van der Waals surface area contributed by atoms with E-state index in [1.165, 1.54) is 9.42 Å². The maximum atomic E-state index is 13.4. The van der Waals surface area contributed by atoms with Crippen LogP contribution in [0.2, 0.25) is 0 Å². The summed E-state index contributed by atoms with van der Waals surface area (Å²) in [6.07, 6.45) is 0. The molecule has 2 heterocycles. The molecule has 0 unspecified atom stereocenters. The number of nitrogens with zero attached hydrogens (tertiary/aromatic N) is 4. The van der Waals surface area contributed by atoms with E-state index in [4.69, 9.17) is 4.74 Å². The minimum absolute atomic E-state index is 0.222. The lowest BCUT2D eigenvalue weighted by Crippen LogP contribution is -2.31. The molecule has 0 atom stereocenters. The number of amides is 1. The number of benzene rings is 2. The predicted molar refractivity (Wildman–Crippen MR) is 118 cm³/mol. The molecule has 8 heteroatoms. The molecule has 158 valence electrons. The van der Waals surface area contributed by atoms with Gasteiger partial charge in [0.15, 0.2) is 0 Å². The third-order valence-electron chi connectivity index (χ3n) is 5.25. The number of carbonyl (C=O) groups excluding carboxylic acids is 1. The van der Waals surface area contributed by atoms with Crippen LogP contribution >= 0.6 is 0 Å². The number of ether oxygens (including phenoxy) is 1. The number of anilines is 1. The predicted octanol–water partition coefficient (Wildman–Crippen LogP) is 3.20. The fraction of sp³-hybridized carbons (Fsp3) is 0.217. The van der Waals surface area contributed by atoms with Gasteiger partial charge in [-0.15, -0.1) is 0 Å². The molecule has 31 heavy (non-hydrogen) atoms. The smallest absolute Gasteiger partial charge is 0.277 e. The number of aromatic amines is 1. The molecule has 4 aromatic rings.